The van der Waals surface area contributed by atoms with Gasteiger partial charge < -0.3 is 167 Å². The summed E-state index contributed by atoms with van der Waals surface area (Å²) in [4.78, 5) is 237. The van der Waals surface area contributed by atoms with E-state index in [0.717, 1.165) is 11.8 Å². The van der Waals surface area contributed by atoms with Crippen LogP contribution in [0.4, 0.5) is 0 Å². The minimum absolute atomic E-state index is 0.0156. The average Bonchev–Trinajstić information content (AvgIpc) is 1.77. The van der Waals surface area contributed by atoms with Gasteiger partial charge in [-0.3, -0.25) is 81.9 Å². The number of carboxylic acid groups (broad SMARTS) is 1. The molecule has 0 saturated carbocycles. The molecule has 770 valence electrons. The monoisotopic (exact) mass is 1970 g/mol. The Morgan fingerprint density at radius 1 is 0.431 bits per heavy atom. The van der Waals surface area contributed by atoms with Crippen molar-refractivity contribution in [1.82, 2.24) is 79.3 Å². The summed E-state index contributed by atoms with van der Waals surface area (Å²) in [7, 11) is 0. The number of guanidine groups is 2. The minimum atomic E-state index is -1.93. The predicted molar refractivity (Wildman–Crippen MR) is 514 cm³/mol. The number of unbranched alkanes of at least 4 members (excludes halogenated alkanes) is 2. The molecule has 0 aromatic heterocycles. The van der Waals surface area contributed by atoms with Gasteiger partial charge in [0, 0.05) is 49.4 Å². The highest BCUT2D eigenvalue weighted by Gasteiger charge is 2.46. The summed E-state index contributed by atoms with van der Waals surface area (Å²) < 4.78 is -1.54. The molecule has 40 N–H and O–H groups in total. The maximum atomic E-state index is 14.9. The molecular formula is C86H147N27O22S2. The van der Waals surface area contributed by atoms with Gasteiger partial charge in [0.15, 0.2) is 11.9 Å². The first kappa shape index (κ1) is 120. The molecule has 15 amide bonds. The van der Waals surface area contributed by atoms with Crippen LogP contribution in [0.1, 0.15) is 163 Å². The number of phenols is 2. The number of nitrogens with zero attached hydrogens (tertiary/aromatic N) is 3. The van der Waals surface area contributed by atoms with Crippen LogP contribution in [0.25, 0.3) is 0 Å². The minimum Gasteiger partial charge on any atom is -0.508 e. The Kier molecular flexibility index (Phi) is 53.2. The topological polar surface area (TPSA) is 851 Å². The highest BCUT2D eigenvalue weighted by molar-refractivity contribution is 7.81. The lowest BCUT2D eigenvalue weighted by Gasteiger charge is -2.33. The maximum absolute atomic E-state index is 14.9. The van der Waals surface area contributed by atoms with E-state index in [0.29, 0.717) is 24.0 Å². The van der Waals surface area contributed by atoms with Crippen molar-refractivity contribution >= 4 is 132 Å². The Hall–Kier alpha value is -11.6. The molecule has 1 heterocycles. The highest BCUT2D eigenvalue weighted by Crippen LogP contribution is 2.25. The number of thiol groups is 2. The van der Waals surface area contributed by atoms with Crippen molar-refractivity contribution in [2.75, 3.05) is 58.1 Å². The molecular weight excluding hydrogens is 1830 g/mol. The summed E-state index contributed by atoms with van der Waals surface area (Å²) in [6.45, 7) is 11.0. The number of aliphatic hydroxyl groups is 3. The Morgan fingerprint density at radius 2 is 0.752 bits per heavy atom. The molecule has 0 unspecified atom stereocenters. The van der Waals surface area contributed by atoms with Gasteiger partial charge in [0.2, 0.25) is 88.6 Å². The third kappa shape index (κ3) is 41.7. The molecule has 0 spiro atoms. The molecule has 1 aliphatic heterocycles. The average molecular weight is 1980 g/mol. The quantitative estimate of drug-likeness (QED) is 0.0127. The van der Waals surface area contributed by atoms with E-state index in [9.17, 15) is 107 Å². The van der Waals surface area contributed by atoms with Gasteiger partial charge in [0.05, 0.1) is 24.4 Å². The fraction of sp³-hybridized carbons (Fsp3) is 0.651. The first-order valence-electron chi connectivity index (χ1n) is 45.6. The van der Waals surface area contributed by atoms with Crippen molar-refractivity contribution in [3.63, 3.8) is 0 Å². The van der Waals surface area contributed by atoms with Gasteiger partial charge in [0.25, 0.3) is 0 Å². The molecule has 51 heteroatoms. The van der Waals surface area contributed by atoms with E-state index in [-0.39, 0.29) is 178 Å². The number of phenolic OH excluding ortho intramolecular Hbond substituents is 2. The van der Waals surface area contributed by atoms with Crippen LogP contribution in [-0.4, -0.2) is 320 Å². The zero-order chi connectivity index (χ0) is 103. The normalized spacial score (nSPS) is 17.0. The van der Waals surface area contributed by atoms with Crippen LogP contribution in [0.3, 0.4) is 0 Å². The van der Waals surface area contributed by atoms with Crippen LogP contribution in [0.5, 0.6) is 11.5 Å². The standard InChI is InChI=1S/C86H147N27O22S2/c1-9-44(4)64(109-77(128)62-40-51(118)41-113(62)82(133)63(92)43(2)3)78(129)111-66(46(6)115)80(131)106-59(38-47-20-24-49(116)25-21-47)75(126)112-67(86(7,8)137)81(132)105-53(17-11-13-32-88)68(119)100-54(18-14-36-97-84(93)94)69(120)102-58(30-35-91)74(125)110-65(45(5)114)79(130)104-57(29-34-90)73(124)99-52(16-10-12-31-87)71(122)108-61(42-136)76(127)103-56(28-33-89)72(123)101-55(19-15-37-98-85(95)96)70(121)107-60(83(134)135)39-48-22-26-50(117)27-23-48/h20-27,43-46,51-67,114-118,136-137H,9-19,28-42,87-92H2,1-8H3,(H,99,124)(H,100,119)(H,101,123)(H,102,120)(H,103,127)(H,104,130)(H,105,132)(H,106,131)(H,107,121)(H,108,122)(H,109,128)(H,110,125)(H,111,129)(H,112,126)(H,134,135)(H4,93,94,97)(H4,95,96,98)/t44-,45+,46+,51+,52-,53-,54-,55-,56-,57+,58-,59-,60-,61-,62-,63-,64-,65-,66-,67+/m0/s1. The number of aromatic hydroxyl groups is 2. The van der Waals surface area contributed by atoms with Crippen LogP contribution in [0.2, 0.25) is 0 Å². The lowest BCUT2D eigenvalue weighted by atomic mass is 9.96. The largest absolute Gasteiger partial charge is 0.508 e. The first-order chi connectivity index (χ1) is 64.5. The Balaban J connectivity index is 1.95. The molecule has 2 aromatic carbocycles. The number of likely N-dealkylation sites (tertiary alicyclic amines) is 1. The smallest absolute Gasteiger partial charge is 0.326 e. The van der Waals surface area contributed by atoms with E-state index in [1.165, 1.54) is 69.3 Å². The number of nitrogens with one attached hydrogen (secondary N) is 14. The summed E-state index contributed by atoms with van der Waals surface area (Å²) in [5, 5.41) is 98.4. The van der Waals surface area contributed by atoms with E-state index in [2.05, 4.69) is 110 Å². The molecule has 20 atom stereocenters. The molecule has 0 radical (unpaired) electrons. The van der Waals surface area contributed by atoms with Gasteiger partial charge in [-0.25, -0.2) is 4.79 Å². The fourth-order valence-electron chi connectivity index (χ4n) is 14.2. The number of aliphatic carboxylic acids is 1. The van der Waals surface area contributed by atoms with Gasteiger partial charge in [-0.1, -0.05) is 58.4 Å². The third-order valence-corrected chi connectivity index (χ3v) is 23.1. The molecule has 1 fully saturated rings. The molecule has 0 aliphatic carbocycles. The van der Waals surface area contributed by atoms with E-state index in [1.54, 1.807) is 27.7 Å². The number of nitrogens with two attached hydrogens (primary N) is 10. The summed E-state index contributed by atoms with van der Waals surface area (Å²) in [6.07, 6.45) is -5.70. The summed E-state index contributed by atoms with van der Waals surface area (Å²) in [5.74, 6) is -18.6. The molecule has 1 aliphatic rings. The zero-order valence-corrected chi connectivity index (χ0v) is 80.6. The highest BCUT2D eigenvalue weighted by atomic mass is 32.1. The lowest BCUT2D eigenvalue weighted by molar-refractivity contribution is -0.142. The molecule has 1 saturated heterocycles. The number of rotatable bonds is 63. The number of benzene rings is 2. The van der Waals surface area contributed by atoms with Crippen molar-refractivity contribution in [3.8, 4) is 11.5 Å². The van der Waals surface area contributed by atoms with Crippen molar-refractivity contribution < 1.29 is 107 Å². The van der Waals surface area contributed by atoms with Gasteiger partial charge in [-0.2, -0.15) is 25.3 Å². The molecule has 2 aromatic rings. The second-order valence-corrected chi connectivity index (χ2v) is 36.2. The number of aliphatic imine (C=N–C) groups is 2. The van der Waals surface area contributed by atoms with Crippen molar-refractivity contribution in [3.05, 3.63) is 59.7 Å². The van der Waals surface area contributed by atoms with Crippen LogP contribution < -0.4 is 132 Å². The van der Waals surface area contributed by atoms with E-state index < -0.39 is 226 Å². The molecule has 49 nitrogen and oxygen atoms in total. The number of aliphatic hydroxyl groups excluding tert-OH is 3. The number of hydrogen-bond acceptors (Lipinski definition) is 31. The molecule has 3 rings (SSSR count). The van der Waals surface area contributed by atoms with E-state index in [1.807, 2.05) is 0 Å². The summed E-state index contributed by atoms with van der Waals surface area (Å²) >= 11 is 8.96. The number of β-amino-alcohol motifs (C(OH)–C–C–N with tert-alkyl or cyclic N) is 1. The second-order valence-electron chi connectivity index (χ2n) is 34.7. The zero-order valence-electron chi connectivity index (χ0n) is 78.9. The van der Waals surface area contributed by atoms with Crippen LogP contribution in [0, 0.1) is 11.8 Å². The Bertz CT molecular complexity index is 4340. The van der Waals surface area contributed by atoms with E-state index in [4.69, 9.17) is 57.3 Å². The van der Waals surface area contributed by atoms with Crippen molar-refractivity contribution in [2.45, 2.75) is 284 Å². The first-order valence-corrected chi connectivity index (χ1v) is 46.7. The van der Waals surface area contributed by atoms with Crippen LogP contribution in [-0.2, 0) is 89.6 Å². The van der Waals surface area contributed by atoms with Crippen molar-refractivity contribution in [1.29, 1.82) is 0 Å². The van der Waals surface area contributed by atoms with Gasteiger partial charge in [0.1, 0.15) is 102 Å². The molecule has 137 heavy (non-hydrogen) atoms. The van der Waals surface area contributed by atoms with Crippen LogP contribution >= 0.6 is 25.3 Å². The Labute approximate surface area is 807 Å². The second kappa shape index (κ2) is 60.9. The lowest BCUT2D eigenvalue weighted by Crippen LogP contribution is -2.64. The number of carbonyl (C=O) groups excluding carboxylic acids is 15. The van der Waals surface area contributed by atoms with Crippen LogP contribution in [0.15, 0.2) is 58.5 Å². The summed E-state index contributed by atoms with van der Waals surface area (Å²) in [6, 6.07) is -13.8. The van der Waals surface area contributed by atoms with Gasteiger partial charge in [-0.15, -0.1) is 0 Å². The van der Waals surface area contributed by atoms with Gasteiger partial charge >= 0.3 is 5.97 Å². The SMILES string of the molecule is CC[C@H](C)[C@H](NC(=O)[C@@H]1C[C@@H](O)CN1C(=O)[C@@H](N)C(C)C)C(=O)N[C@H](C(=O)N[C@@H](Cc1ccc(O)cc1)C(=O)N[C@H](C(=O)N[C@@H](CCCCN)C(=O)N[C@@H](CCCN=C(N)N)C(=O)N[C@@H](CCN)C(=O)N[C@H](C(=O)N[C@H](CCN)C(=O)N[C@@H](CCCCN)C(=O)N[C@@H](CS)C(=O)N[C@@H](CCN)C(=O)N[C@@H](CCCN=C(N)N)C(=O)N[C@@H](Cc1ccc(O)cc1)C(=O)O)[C@@H](C)O)C(C)(C)S)[C@@H](C)O. The molecule has 0 bridgehead atoms. The fourth-order valence-corrected chi connectivity index (χ4v) is 14.7. The van der Waals surface area contributed by atoms with Gasteiger partial charge in [-0.05, 0) is 191 Å². The van der Waals surface area contributed by atoms with Crippen molar-refractivity contribution in [2.24, 2.45) is 79.2 Å². The third-order valence-electron chi connectivity index (χ3n) is 22.4. The summed E-state index contributed by atoms with van der Waals surface area (Å²) in [5.41, 5.74) is 58.7. The number of carboxylic acids is 1. The Morgan fingerprint density at radius 3 is 1.10 bits per heavy atom. The number of hydrogen-bond donors (Lipinski definition) is 32. The van der Waals surface area contributed by atoms with E-state index >= 15 is 0 Å². The number of amides is 15. The maximum Gasteiger partial charge on any atom is 0.326 e. The predicted octanol–water partition coefficient (Wildman–Crippen LogP) is -9.44. The number of carbonyl (C=O) groups is 16.